The van der Waals surface area contributed by atoms with Crippen LogP contribution < -0.4 is 5.32 Å². The van der Waals surface area contributed by atoms with E-state index in [0.717, 1.165) is 25.1 Å². The second-order valence-electron chi connectivity index (χ2n) is 3.76. The van der Waals surface area contributed by atoms with E-state index >= 15 is 0 Å². The lowest BCUT2D eigenvalue weighted by Gasteiger charge is -2.09. The van der Waals surface area contributed by atoms with Gasteiger partial charge in [-0.05, 0) is 52.8 Å². The number of rotatable bonds is 6. The number of nitrogens with one attached hydrogen (secondary N) is 1. The van der Waals surface area contributed by atoms with Crippen molar-refractivity contribution in [3.8, 4) is 0 Å². The predicted octanol–water partition coefficient (Wildman–Crippen LogP) is 3.82. The number of benzene rings is 1. The molecule has 1 nitrogen and oxygen atoms in total. The quantitative estimate of drug-likeness (QED) is 0.802. The summed E-state index contributed by atoms with van der Waals surface area (Å²) in [5.41, 5.74) is 0.984. The Morgan fingerprint density at radius 3 is 2.88 bits per heavy atom. The van der Waals surface area contributed by atoms with E-state index in [9.17, 15) is 4.39 Å². The van der Waals surface area contributed by atoms with Gasteiger partial charge in [-0.15, -0.1) is 0 Å². The first-order chi connectivity index (χ1) is 7.63. The molecule has 0 radical (unpaired) electrons. The summed E-state index contributed by atoms with van der Waals surface area (Å²) in [6.07, 6.45) is 3.26. The highest BCUT2D eigenvalue weighted by molar-refractivity contribution is 9.10. The van der Waals surface area contributed by atoms with Gasteiger partial charge in [0.15, 0.2) is 0 Å². The Morgan fingerprint density at radius 2 is 2.25 bits per heavy atom. The van der Waals surface area contributed by atoms with Crippen LogP contribution in [0.1, 0.15) is 18.9 Å². The minimum absolute atomic E-state index is 0.197. The summed E-state index contributed by atoms with van der Waals surface area (Å²) in [5.74, 6) is -0.197. The van der Waals surface area contributed by atoms with E-state index < -0.39 is 0 Å². The lowest BCUT2D eigenvalue weighted by Crippen LogP contribution is -2.17. The van der Waals surface area contributed by atoms with Crippen molar-refractivity contribution in [2.75, 3.05) is 12.8 Å². The fraction of sp³-hybridized carbons (Fsp3) is 0.500. The van der Waals surface area contributed by atoms with Gasteiger partial charge in [-0.3, -0.25) is 0 Å². The topological polar surface area (TPSA) is 12.0 Å². The van der Waals surface area contributed by atoms with Crippen LogP contribution in [0.3, 0.4) is 0 Å². The first-order valence-corrected chi connectivity index (χ1v) is 7.39. The van der Waals surface area contributed by atoms with Gasteiger partial charge >= 0.3 is 0 Å². The van der Waals surface area contributed by atoms with Gasteiger partial charge in [0.25, 0.3) is 0 Å². The molecule has 1 unspecified atom stereocenters. The van der Waals surface area contributed by atoms with Crippen molar-refractivity contribution in [1.29, 1.82) is 0 Å². The molecular weight excluding hydrogens is 289 g/mol. The van der Waals surface area contributed by atoms with Crippen LogP contribution in [0.2, 0.25) is 0 Å². The monoisotopic (exact) mass is 305 g/mol. The number of halogens is 2. The van der Waals surface area contributed by atoms with Crippen LogP contribution in [0.4, 0.5) is 4.39 Å². The molecule has 0 amide bonds. The summed E-state index contributed by atoms with van der Waals surface area (Å²) in [5, 5.41) is 3.99. The Hall–Kier alpha value is -0.0600. The van der Waals surface area contributed by atoms with Gasteiger partial charge in [0, 0.05) is 11.8 Å². The van der Waals surface area contributed by atoms with Crippen molar-refractivity contribution in [3.05, 3.63) is 34.1 Å². The van der Waals surface area contributed by atoms with Crippen LogP contribution in [-0.4, -0.2) is 18.1 Å². The molecule has 1 aromatic rings. The van der Waals surface area contributed by atoms with Crippen LogP contribution in [0.15, 0.2) is 22.7 Å². The third-order valence-corrected chi connectivity index (χ3v) is 4.13. The molecule has 1 aromatic carbocycles. The molecule has 0 saturated heterocycles. The molecule has 16 heavy (non-hydrogen) atoms. The van der Waals surface area contributed by atoms with Crippen LogP contribution in [0, 0.1) is 5.82 Å². The van der Waals surface area contributed by atoms with E-state index in [1.54, 1.807) is 12.1 Å². The molecule has 1 atom stereocenters. The zero-order valence-corrected chi connectivity index (χ0v) is 12.0. The van der Waals surface area contributed by atoms with Crippen molar-refractivity contribution in [2.45, 2.75) is 25.1 Å². The van der Waals surface area contributed by atoms with Crippen molar-refractivity contribution >= 4 is 27.7 Å². The maximum absolute atomic E-state index is 13.2. The Balaban J connectivity index is 2.29. The first-order valence-electron chi connectivity index (χ1n) is 5.31. The van der Waals surface area contributed by atoms with Gasteiger partial charge in [0.2, 0.25) is 0 Å². The van der Waals surface area contributed by atoms with Gasteiger partial charge in [-0.2, -0.15) is 11.8 Å². The Labute approximate surface area is 109 Å². The van der Waals surface area contributed by atoms with Gasteiger partial charge in [0.05, 0.1) is 4.47 Å². The third-order valence-electron chi connectivity index (χ3n) is 2.44. The van der Waals surface area contributed by atoms with E-state index in [1.165, 1.54) is 0 Å². The Morgan fingerprint density at radius 1 is 1.50 bits per heavy atom. The molecular formula is C12H17BrFNS. The lowest BCUT2D eigenvalue weighted by atomic mass is 10.2. The van der Waals surface area contributed by atoms with E-state index in [1.807, 2.05) is 17.8 Å². The molecule has 1 N–H and O–H groups in total. The van der Waals surface area contributed by atoms with E-state index in [2.05, 4.69) is 34.4 Å². The SMILES string of the molecule is CSC(C)CCNCc1ccc(Br)c(F)c1. The molecule has 0 bridgehead atoms. The average molecular weight is 306 g/mol. The summed E-state index contributed by atoms with van der Waals surface area (Å²) in [6, 6.07) is 5.24. The minimum atomic E-state index is -0.197. The van der Waals surface area contributed by atoms with Crippen LogP contribution in [0.5, 0.6) is 0 Å². The smallest absolute Gasteiger partial charge is 0.137 e. The van der Waals surface area contributed by atoms with E-state index in [4.69, 9.17) is 0 Å². The fourth-order valence-electron chi connectivity index (χ4n) is 1.31. The summed E-state index contributed by atoms with van der Waals surface area (Å²) in [6.45, 7) is 3.91. The van der Waals surface area contributed by atoms with Crippen LogP contribution >= 0.6 is 27.7 Å². The molecule has 1 rings (SSSR count). The van der Waals surface area contributed by atoms with Crippen molar-refractivity contribution < 1.29 is 4.39 Å². The second-order valence-corrected chi connectivity index (χ2v) is 5.89. The van der Waals surface area contributed by atoms with Crippen molar-refractivity contribution in [1.82, 2.24) is 5.32 Å². The Kier molecular flexibility index (Phi) is 6.39. The summed E-state index contributed by atoms with van der Waals surface area (Å²) < 4.78 is 13.7. The molecule has 0 aromatic heterocycles. The molecule has 0 aliphatic rings. The molecule has 0 saturated carbocycles. The number of hydrogen-bond acceptors (Lipinski definition) is 2. The molecule has 0 spiro atoms. The average Bonchev–Trinajstić information content (AvgIpc) is 2.28. The highest BCUT2D eigenvalue weighted by Crippen LogP contribution is 2.16. The van der Waals surface area contributed by atoms with Crippen LogP contribution in [-0.2, 0) is 6.54 Å². The summed E-state index contributed by atoms with van der Waals surface area (Å²) in [7, 11) is 0. The number of hydrogen-bond donors (Lipinski definition) is 1. The van der Waals surface area contributed by atoms with E-state index in [-0.39, 0.29) is 5.82 Å². The molecule has 0 fully saturated rings. The highest BCUT2D eigenvalue weighted by Gasteiger charge is 2.01. The van der Waals surface area contributed by atoms with Crippen molar-refractivity contribution in [3.63, 3.8) is 0 Å². The highest BCUT2D eigenvalue weighted by atomic mass is 79.9. The first kappa shape index (κ1) is 14.0. The summed E-state index contributed by atoms with van der Waals surface area (Å²) >= 11 is 5.01. The zero-order chi connectivity index (χ0) is 12.0. The molecule has 90 valence electrons. The zero-order valence-electron chi connectivity index (χ0n) is 9.59. The van der Waals surface area contributed by atoms with Gasteiger partial charge in [-0.1, -0.05) is 13.0 Å². The third kappa shape index (κ3) is 4.85. The predicted molar refractivity (Wildman–Crippen MR) is 73.4 cm³/mol. The lowest BCUT2D eigenvalue weighted by molar-refractivity contribution is 0.610. The molecule has 0 aliphatic heterocycles. The maximum Gasteiger partial charge on any atom is 0.137 e. The maximum atomic E-state index is 13.2. The summed E-state index contributed by atoms with van der Waals surface area (Å²) in [4.78, 5) is 0. The van der Waals surface area contributed by atoms with Gasteiger partial charge in [-0.25, -0.2) is 4.39 Å². The van der Waals surface area contributed by atoms with Gasteiger partial charge < -0.3 is 5.32 Å². The molecule has 0 heterocycles. The Bertz CT molecular complexity index is 333. The largest absolute Gasteiger partial charge is 0.313 e. The van der Waals surface area contributed by atoms with E-state index in [0.29, 0.717) is 9.72 Å². The standard InChI is InChI=1S/C12H17BrFNS/c1-9(16-2)5-6-15-8-10-3-4-11(13)12(14)7-10/h3-4,7,9,15H,5-6,8H2,1-2H3. The normalized spacial score (nSPS) is 12.8. The van der Waals surface area contributed by atoms with Gasteiger partial charge in [0.1, 0.15) is 5.82 Å². The molecule has 0 aliphatic carbocycles. The minimum Gasteiger partial charge on any atom is -0.313 e. The molecule has 4 heteroatoms. The number of thioether (sulfide) groups is 1. The fourth-order valence-corrected chi connectivity index (χ4v) is 1.91. The second kappa shape index (κ2) is 7.30. The van der Waals surface area contributed by atoms with Crippen LogP contribution in [0.25, 0.3) is 0 Å². The van der Waals surface area contributed by atoms with Crippen molar-refractivity contribution in [2.24, 2.45) is 0 Å².